The van der Waals surface area contributed by atoms with E-state index in [1.54, 1.807) is 0 Å². The summed E-state index contributed by atoms with van der Waals surface area (Å²) < 4.78 is 13.9. The minimum atomic E-state index is -0.782. The molecule has 24 heavy (non-hydrogen) atoms. The van der Waals surface area contributed by atoms with Crippen LogP contribution in [0, 0.1) is 5.82 Å². The van der Waals surface area contributed by atoms with Crippen LogP contribution in [0.3, 0.4) is 0 Å². The summed E-state index contributed by atoms with van der Waals surface area (Å²) in [6.45, 7) is 3.96. The molecule has 0 aliphatic carbocycles. The van der Waals surface area contributed by atoms with Crippen molar-refractivity contribution in [2.45, 2.75) is 20.0 Å². The van der Waals surface area contributed by atoms with Crippen LogP contribution >= 0.6 is 0 Å². The van der Waals surface area contributed by atoms with Gasteiger partial charge >= 0.3 is 11.1 Å². The first-order chi connectivity index (χ1) is 11.6. The number of H-pyrrole nitrogens is 2. The van der Waals surface area contributed by atoms with Crippen LogP contribution in [0.4, 0.5) is 4.39 Å². The van der Waals surface area contributed by atoms with Gasteiger partial charge < -0.3 is 9.97 Å². The molecule has 5 nitrogen and oxygen atoms in total. The molecule has 0 amide bonds. The molecule has 0 saturated carbocycles. The van der Waals surface area contributed by atoms with Gasteiger partial charge in [0.05, 0.1) is 11.0 Å². The van der Waals surface area contributed by atoms with Crippen molar-refractivity contribution < 1.29 is 4.39 Å². The van der Waals surface area contributed by atoms with Gasteiger partial charge in [-0.2, -0.15) is 0 Å². The number of aromatic amines is 2. The molecule has 3 aromatic rings. The van der Waals surface area contributed by atoms with Gasteiger partial charge in [0, 0.05) is 13.1 Å². The number of nitrogens with one attached hydrogen (secondary N) is 2. The first-order valence-electron chi connectivity index (χ1n) is 7.78. The second-order valence-corrected chi connectivity index (χ2v) is 5.68. The van der Waals surface area contributed by atoms with E-state index in [-0.39, 0.29) is 0 Å². The summed E-state index contributed by atoms with van der Waals surface area (Å²) in [5.41, 5.74) is 1.04. The number of benzene rings is 2. The van der Waals surface area contributed by atoms with Gasteiger partial charge in [-0.1, -0.05) is 37.3 Å². The summed E-state index contributed by atoms with van der Waals surface area (Å²) >= 11 is 0. The van der Waals surface area contributed by atoms with Gasteiger partial charge in [0.1, 0.15) is 5.82 Å². The Morgan fingerprint density at radius 1 is 1.00 bits per heavy atom. The van der Waals surface area contributed by atoms with Crippen LogP contribution in [0.2, 0.25) is 0 Å². The molecule has 0 unspecified atom stereocenters. The second-order valence-electron chi connectivity index (χ2n) is 5.68. The molecule has 0 bridgehead atoms. The van der Waals surface area contributed by atoms with E-state index in [9.17, 15) is 14.0 Å². The molecular weight excluding hydrogens is 309 g/mol. The van der Waals surface area contributed by atoms with Gasteiger partial charge in [0.25, 0.3) is 0 Å². The fraction of sp³-hybridized carbons (Fsp3) is 0.222. The Balaban J connectivity index is 1.97. The topological polar surface area (TPSA) is 69.0 Å². The van der Waals surface area contributed by atoms with Gasteiger partial charge in [-0.15, -0.1) is 0 Å². The van der Waals surface area contributed by atoms with Crippen LogP contribution < -0.4 is 11.1 Å². The van der Waals surface area contributed by atoms with Crippen LogP contribution in [0.5, 0.6) is 0 Å². The second kappa shape index (κ2) is 6.80. The minimum absolute atomic E-state index is 0.297. The van der Waals surface area contributed by atoms with Crippen molar-refractivity contribution in [1.82, 2.24) is 14.9 Å². The van der Waals surface area contributed by atoms with Crippen molar-refractivity contribution in [1.29, 1.82) is 0 Å². The molecule has 6 heteroatoms. The van der Waals surface area contributed by atoms with E-state index in [1.807, 2.05) is 37.3 Å². The van der Waals surface area contributed by atoms with Crippen molar-refractivity contribution in [3.8, 4) is 0 Å². The van der Waals surface area contributed by atoms with Gasteiger partial charge in [-0.25, -0.2) is 4.39 Å². The highest BCUT2D eigenvalue weighted by molar-refractivity contribution is 5.77. The molecule has 0 spiro atoms. The SMILES string of the molecule is CCN(Cc1ccccc1)Cc1cc(F)cc2[nH]c(=O)c(=O)[nH]c12. The van der Waals surface area contributed by atoms with E-state index < -0.39 is 16.9 Å². The molecule has 1 aromatic heterocycles. The Kier molecular flexibility index (Phi) is 4.57. The number of aromatic nitrogens is 2. The summed E-state index contributed by atoms with van der Waals surface area (Å²) in [5, 5.41) is 0. The van der Waals surface area contributed by atoms with Crippen LogP contribution in [0.1, 0.15) is 18.1 Å². The van der Waals surface area contributed by atoms with Gasteiger partial charge in [0.2, 0.25) is 0 Å². The molecule has 2 aromatic carbocycles. The van der Waals surface area contributed by atoms with Crippen molar-refractivity contribution in [3.05, 3.63) is 80.1 Å². The third-order valence-electron chi connectivity index (χ3n) is 3.97. The van der Waals surface area contributed by atoms with Gasteiger partial charge in [-0.3, -0.25) is 14.5 Å². The van der Waals surface area contributed by atoms with E-state index in [0.717, 1.165) is 12.1 Å². The summed E-state index contributed by atoms with van der Waals surface area (Å²) in [4.78, 5) is 30.2. The zero-order chi connectivity index (χ0) is 17.1. The molecule has 0 aliphatic heterocycles. The third kappa shape index (κ3) is 3.44. The van der Waals surface area contributed by atoms with Crippen LogP contribution in [0.25, 0.3) is 11.0 Å². The molecular formula is C18H18FN3O2. The normalized spacial score (nSPS) is 11.3. The Morgan fingerprint density at radius 2 is 1.71 bits per heavy atom. The summed E-state index contributed by atoms with van der Waals surface area (Å²) in [6, 6.07) is 12.6. The van der Waals surface area contributed by atoms with E-state index in [0.29, 0.717) is 29.7 Å². The predicted molar refractivity (Wildman–Crippen MR) is 91.4 cm³/mol. The zero-order valence-electron chi connectivity index (χ0n) is 13.3. The smallest absolute Gasteiger partial charge is 0.314 e. The van der Waals surface area contributed by atoms with E-state index >= 15 is 0 Å². The number of fused-ring (bicyclic) bond motifs is 1. The molecule has 0 radical (unpaired) electrons. The molecule has 0 fully saturated rings. The standard InChI is InChI=1S/C18H18FN3O2/c1-2-22(10-12-6-4-3-5-7-12)11-13-8-14(19)9-15-16(13)21-18(24)17(23)20-15/h3-9H,2,10-11H2,1H3,(H,20,23)(H,21,24). The van der Waals surface area contributed by atoms with E-state index in [2.05, 4.69) is 14.9 Å². The minimum Gasteiger partial charge on any atom is -0.316 e. The Hall–Kier alpha value is -2.73. The molecule has 1 heterocycles. The van der Waals surface area contributed by atoms with Gasteiger partial charge in [-0.05, 0) is 29.8 Å². The average Bonchev–Trinajstić information content (AvgIpc) is 2.57. The number of nitrogens with zero attached hydrogens (tertiary/aromatic N) is 1. The largest absolute Gasteiger partial charge is 0.316 e. The first-order valence-corrected chi connectivity index (χ1v) is 7.78. The Labute approximate surface area is 137 Å². The Bertz CT molecular complexity index is 963. The fourth-order valence-electron chi connectivity index (χ4n) is 2.75. The summed E-state index contributed by atoms with van der Waals surface area (Å²) in [6.07, 6.45) is 0. The molecule has 0 saturated heterocycles. The van der Waals surface area contributed by atoms with Gasteiger partial charge in [0.15, 0.2) is 0 Å². The van der Waals surface area contributed by atoms with Crippen molar-refractivity contribution in [3.63, 3.8) is 0 Å². The van der Waals surface area contributed by atoms with Crippen molar-refractivity contribution in [2.75, 3.05) is 6.54 Å². The number of halogens is 1. The monoisotopic (exact) mass is 327 g/mol. The molecule has 0 aliphatic rings. The molecule has 124 valence electrons. The lowest BCUT2D eigenvalue weighted by Crippen LogP contribution is -2.30. The first kappa shape index (κ1) is 16.1. The van der Waals surface area contributed by atoms with E-state index in [1.165, 1.54) is 12.1 Å². The summed E-state index contributed by atoms with van der Waals surface area (Å²) in [5.74, 6) is -0.448. The Morgan fingerprint density at radius 3 is 2.42 bits per heavy atom. The lowest BCUT2D eigenvalue weighted by molar-refractivity contribution is 0.272. The molecule has 3 rings (SSSR count). The summed E-state index contributed by atoms with van der Waals surface area (Å²) in [7, 11) is 0. The lowest BCUT2D eigenvalue weighted by Gasteiger charge is -2.21. The highest BCUT2D eigenvalue weighted by Gasteiger charge is 2.12. The van der Waals surface area contributed by atoms with Crippen molar-refractivity contribution >= 4 is 11.0 Å². The molecule has 0 atom stereocenters. The maximum Gasteiger partial charge on any atom is 0.314 e. The number of rotatable bonds is 5. The number of hydrogen-bond donors (Lipinski definition) is 2. The maximum absolute atomic E-state index is 13.9. The highest BCUT2D eigenvalue weighted by atomic mass is 19.1. The van der Waals surface area contributed by atoms with Crippen LogP contribution in [0.15, 0.2) is 52.1 Å². The highest BCUT2D eigenvalue weighted by Crippen LogP contribution is 2.18. The molecule has 2 N–H and O–H groups in total. The average molecular weight is 327 g/mol. The van der Waals surface area contributed by atoms with Crippen molar-refractivity contribution in [2.24, 2.45) is 0 Å². The maximum atomic E-state index is 13.9. The van der Waals surface area contributed by atoms with E-state index in [4.69, 9.17) is 0 Å². The quantitative estimate of drug-likeness (QED) is 0.707. The zero-order valence-corrected chi connectivity index (χ0v) is 13.3. The predicted octanol–water partition coefficient (Wildman–Crippen LogP) is 2.38. The van der Waals surface area contributed by atoms with Crippen LogP contribution in [-0.2, 0) is 13.1 Å². The third-order valence-corrected chi connectivity index (χ3v) is 3.97. The van der Waals surface area contributed by atoms with Crippen LogP contribution in [-0.4, -0.2) is 21.4 Å². The lowest BCUT2D eigenvalue weighted by atomic mass is 10.1. The fourth-order valence-corrected chi connectivity index (χ4v) is 2.75. The number of hydrogen-bond acceptors (Lipinski definition) is 3.